The highest BCUT2D eigenvalue weighted by molar-refractivity contribution is 5.26. The minimum atomic E-state index is 0.351. The molecular weight excluding hydrogens is 210 g/mol. The quantitative estimate of drug-likeness (QED) is 0.838. The molecule has 3 atom stereocenters. The zero-order valence-electron chi connectivity index (χ0n) is 10.8. The van der Waals surface area contributed by atoms with Crippen molar-refractivity contribution in [3.05, 3.63) is 29.8 Å². The van der Waals surface area contributed by atoms with Crippen molar-refractivity contribution in [2.24, 2.45) is 11.8 Å². The lowest BCUT2D eigenvalue weighted by Gasteiger charge is -2.23. The average molecular weight is 233 g/mol. The molecule has 94 valence electrons. The number of hydrogen-bond donors (Lipinski definition) is 2. The van der Waals surface area contributed by atoms with Crippen LogP contribution < -0.4 is 5.32 Å². The molecule has 1 saturated carbocycles. The van der Waals surface area contributed by atoms with E-state index in [0.29, 0.717) is 11.8 Å². The molecule has 17 heavy (non-hydrogen) atoms. The van der Waals surface area contributed by atoms with Crippen molar-refractivity contribution in [3.63, 3.8) is 0 Å². The summed E-state index contributed by atoms with van der Waals surface area (Å²) in [5.74, 6) is 2.05. The lowest BCUT2D eigenvalue weighted by molar-refractivity contribution is 0.367. The summed E-state index contributed by atoms with van der Waals surface area (Å²) in [5, 5.41) is 12.7. The molecule has 0 aliphatic heterocycles. The third-order valence-corrected chi connectivity index (χ3v) is 4.07. The number of benzene rings is 1. The highest BCUT2D eigenvalue weighted by Gasteiger charge is 2.27. The molecule has 3 unspecified atom stereocenters. The van der Waals surface area contributed by atoms with Crippen LogP contribution in [0.3, 0.4) is 0 Å². The van der Waals surface area contributed by atoms with Crippen LogP contribution in [-0.2, 0) is 6.42 Å². The first-order chi connectivity index (χ1) is 8.19. The Bertz CT molecular complexity index is 346. The van der Waals surface area contributed by atoms with Gasteiger partial charge in [0.05, 0.1) is 0 Å². The highest BCUT2D eigenvalue weighted by atomic mass is 16.3. The summed E-state index contributed by atoms with van der Waals surface area (Å²) in [6.45, 7) is 2.35. The predicted molar refractivity (Wildman–Crippen MR) is 71.2 cm³/mol. The first-order valence-electron chi connectivity index (χ1n) is 6.64. The third-order valence-electron chi connectivity index (χ3n) is 4.07. The Labute approximate surface area is 104 Å². The Kier molecular flexibility index (Phi) is 4.06. The van der Waals surface area contributed by atoms with Crippen molar-refractivity contribution in [2.45, 2.75) is 38.6 Å². The summed E-state index contributed by atoms with van der Waals surface area (Å²) in [6, 6.07) is 8.18. The van der Waals surface area contributed by atoms with Crippen LogP contribution in [0, 0.1) is 11.8 Å². The fourth-order valence-corrected chi connectivity index (χ4v) is 3.01. The van der Waals surface area contributed by atoms with Crippen molar-refractivity contribution in [2.75, 3.05) is 7.05 Å². The van der Waals surface area contributed by atoms with Crippen LogP contribution >= 0.6 is 0 Å². The van der Waals surface area contributed by atoms with E-state index < -0.39 is 0 Å². The van der Waals surface area contributed by atoms with Crippen LogP contribution in [0.2, 0.25) is 0 Å². The van der Waals surface area contributed by atoms with Gasteiger partial charge in [-0.25, -0.2) is 0 Å². The molecule has 0 bridgehead atoms. The van der Waals surface area contributed by atoms with E-state index >= 15 is 0 Å². The second kappa shape index (κ2) is 5.54. The van der Waals surface area contributed by atoms with E-state index in [1.54, 1.807) is 12.1 Å². The molecule has 0 spiro atoms. The Hall–Kier alpha value is -1.02. The summed E-state index contributed by atoms with van der Waals surface area (Å²) in [4.78, 5) is 0. The molecule has 2 nitrogen and oxygen atoms in total. The Morgan fingerprint density at radius 2 is 2.00 bits per heavy atom. The van der Waals surface area contributed by atoms with Gasteiger partial charge in [-0.2, -0.15) is 0 Å². The van der Waals surface area contributed by atoms with Crippen molar-refractivity contribution in [1.82, 2.24) is 5.32 Å². The zero-order valence-corrected chi connectivity index (χ0v) is 10.8. The van der Waals surface area contributed by atoms with Gasteiger partial charge < -0.3 is 10.4 Å². The number of hydrogen-bond acceptors (Lipinski definition) is 2. The molecule has 0 aromatic heterocycles. The smallest absolute Gasteiger partial charge is 0.115 e. The molecule has 0 heterocycles. The first-order valence-corrected chi connectivity index (χ1v) is 6.64. The lowest BCUT2D eigenvalue weighted by atomic mass is 9.91. The second-order valence-electron chi connectivity index (χ2n) is 5.44. The van der Waals surface area contributed by atoms with E-state index in [1.165, 1.54) is 24.8 Å². The Morgan fingerprint density at radius 1 is 1.29 bits per heavy atom. The molecule has 2 N–H and O–H groups in total. The van der Waals surface area contributed by atoms with Crippen LogP contribution in [0.1, 0.15) is 31.7 Å². The van der Waals surface area contributed by atoms with Crippen LogP contribution in [0.15, 0.2) is 24.3 Å². The van der Waals surface area contributed by atoms with Gasteiger partial charge in [-0.3, -0.25) is 0 Å². The maximum atomic E-state index is 9.28. The fraction of sp³-hybridized carbons (Fsp3) is 0.600. The maximum Gasteiger partial charge on any atom is 0.115 e. The maximum absolute atomic E-state index is 9.28. The van der Waals surface area contributed by atoms with Gasteiger partial charge in [0.1, 0.15) is 5.75 Å². The fourth-order valence-electron chi connectivity index (χ4n) is 3.01. The molecular formula is C15H23NO. The molecule has 1 aliphatic carbocycles. The number of nitrogens with one attached hydrogen (secondary N) is 1. The van der Waals surface area contributed by atoms with Crippen LogP contribution in [-0.4, -0.2) is 18.2 Å². The minimum Gasteiger partial charge on any atom is -0.508 e. The molecule has 0 radical (unpaired) electrons. The molecule has 2 heteroatoms. The van der Waals surface area contributed by atoms with Crippen molar-refractivity contribution in [3.8, 4) is 5.75 Å². The summed E-state index contributed by atoms with van der Waals surface area (Å²) in [5.41, 5.74) is 1.31. The standard InChI is InChI=1S/C15H23NO/c1-11-3-6-13(9-11)15(16-2)10-12-4-7-14(17)8-5-12/h4-5,7-8,11,13,15-17H,3,6,9-10H2,1-2H3. The number of likely N-dealkylation sites (N-methyl/N-ethyl adjacent to an activating group) is 1. The second-order valence-corrected chi connectivity index (χ2v) is 5.44. The van der Waals surface area contributed by atoms with Gasteiger partial charge >= 0.3 is 0 Å². The van der Waals surface area contributed by atoms with E-state index in [9.17, 15) is 5.11 Å². The molecule has 1 aromatic carbocycles. The highest BCUT2D eigenvalue weighted by Crippen LogP contribution is 2.33. The van der Waals surface area contributed by atoms with E-state index in [2.05, 4.69) is 19.3 Å². The SMILES string of the molecule is CNC(Cc1ccc(O)cc1)C1CCC(C)C1. The molecule has 1 fully saturated rings. The molecule has 1 aromatic rings. The monoisotopic (exact) mass is 233 g/mol. The molecule has 0 amide bonds. The lowest BCUT2D eigenvalue weighted by Crippen LogP contribution is -2.34. The van der Waals surface area contributed by atoms with Gasteiger partial charge in [0.15, 0.2) is 0 Å². The van der Waals surface area contributed by atoms with E-state index in [0.717, 1.165) is 18.3 Å². The molecule has 2 rings (SSSR count). The molecule has 0 saturated heterocycles. The van der Waals surface area contributed by atoms with Gasteiger partial charge in [-0.05, 0) is 55.8 Å². The van der Waals surface area contributed by atoms with Crippen molar-refractivity contribution in [1.29, 1.82) is 0 Å². The largest absolute Gasteiger partial charge is 0.508 e. The summed E-state index contributed by atoms with van der Waals surface area (Å²) in [7, 11) is 2.06. The third kappa shape index (κ3) is 3.22. The number of aromatic hydroxyl groups is 1. The predicted octanol–water partition coefficient (Wildman–Crippen LogP) is 2.96. The Balaban J connectivity index is 1.97. The van der Waals surface area contributed by atoms with E-state index in [1.807, 2.05) is 12.1 Å². The zero-order chi connectivity index (χ0) is 12.3. The number of phenols is 1. The Morgan fingerprint density at radius 3 is 2.53 bits per heavy atom. The van der Waals surface area contributed by atoms with Gasteiger partial charge in [-0.1, -0.05) is 25.5 Å². The van der Waals surface area contributed by atoms with Crippen LogP contribution in [0.4, 0.5) is 0 Å². The van der Waals surface area contributed by atoms with Gasteiger partial charge in [0, 0.05) is 6.04 Å². The first kappa shape index (κ1) is 12.4. The van der Waals surface area contributed by atoms with Crippen molar-refractivity contribution < 1.29 is 5.11 Å². The van der Waals surface area contributed by atoms with Crippen LogP contribution in [0.5, 0.6) is 5.75 Å². The van der Waals surface area contributed by atoms with E-state index in [4.69, 9.17) is 0 Å². The summed E-state index contributed by atoms with van der Waals surface area (Å²) < 4.78 is 0. The average Bonchev–Trinajstić information content (AvgIpc) is 2.75. The topological polar surface area (TPSA) is 32.3 Å². The van der Waals surface area contributed by atoms with Gasteiger partial charge in [0.25, 0.3) is 0 Å². The summed E-state index contributed by atoms with van der Waals surface area (Å²) in [6.07, 6.45) is 5.14. The van der Waals surface area contributed by atoms with Crippen LogP contribution in [0.25, 0.3) is 0 Å². The molecule has 1 aliphatic rings. The normalized spacial score (nSPS) is 26.0. The number of phenolic OH excluding ortho intramolecular Hbond substituents is 1. The summed E-state index contributed by atoms with van der Waals surface area (Å²) >= 11 is 0. The van der Waals surface area contributed by atoms with Crippen molar-refractivity contribution >= 4 is 0 Å². The van der Waals surface area contributed by atoms with Gasteiger partial charge in [-0.15, -0.1) is 0 Å². The minimum absolute atomic E-state index is 0.351. The number of rotatable bonds is 4. The van der Waals surface area contributed by atoms with Gasteiger partial charge in [0.2, 0.25) is 0 Å². The van der Waals surface area contributed by atoms with E-state index in [-0.39, 0.29) is 0 Å².